The Hall–Kier alpha value is -6.56. The van der Waals surface area contributed by atoms with Crippen LogP contribution in [0.2, 0.25) is 0 Å². The van der Waals surface area contributed by atoms with E-state index >= 15 is 0 Å². The van der Waals surface area contributed by atoms with Crippen LogP contribution in [0.25, 0.3) is 33.9 Å². The predicted octanol–water partition coefficient (Wildman–Crippen LogP) is 7.63. The number of amides is 1. The zero-order chi connectivity index (χ0) is 47.0. The molecule has 16 nitrogen and oxygen atoms in total. The maximum atomic E-state index is 11.3. The summed E-state index contributed by atoms with van der Waals surface area (Å²) >= 11 is 2.02. The second-order valence-corrected chi connectivity index (χ2v) is 14.3. The molecule has 1 amide bonds. The molecule has 2 heterocycles. The van der Waals surface area contributed by atoms with Crippen LogP contribution in [-0.4, -0.2) is 49.8 Å². The van der Waals surface area contributed by atoms with Gasteiger partial charge in [-0.15, -0.1) is 18.6 Å². The fraction of sp³-hybridized carbons (Fsp3) is 0.150. The first-order valence-corrected chi connectivity index (χ1v) is 19.3. The summed E-state index contributed by atoms with van der Waals surface area (Å²) < 4.78 is 82.6. The van der Waals surface area contributed by atoms with Crippen LogP contribution in [0.5, 0.6) is 0 Å². The van der Waals surface area contributed by atoms with Gasteiger partial charge in [0, 0.05) is 20.9 Å². The number of rotatable bonds is 13. The van der Waals surface area contributed by atoms with Gasteiger partial charge >= 0.3 is 24.3 Å². The van der Waals surface area contributed by atoms with Crippen molar-refractivity contribution in [2.75, 3.05) is 0 Å². The lowest BCUT2D eigenvalue weighted by Crippen LogP contribution is -2.34. The van der Waals surface area contributed by atoms with Crippen LogP contribution >= 0.6 is 24.1 Å². The van der Waals surface area contributed by atoms with Gasteiger partial charge in [0.25, 0.3) is 0 Å². The molecule has 2 aromatic heterocycles. The van der Waals surface area contributed by atoms with Gasteiger partial charge in [0.1, 0.15) is 0 Å². The monoisotopic (exact) mass is 932 g/mol. The molecule has 6 rings (SSSR count). The van der Waals surface area contributed by atoms with Crippen molar-refractivity contribution in [3.63, 3.8) is 0 Å². The molecule has 6 N–H and O–H groups in total. The van der Waals surface area contributed by atoms with E-state index in [1.165, 1.54) is 11.1 Å². The minimum absolute atomic E-state index is 0.0848. The van der Waals surface area contributed by atoms with Gasteiger partial charge in [-0.25, -0.2) is 19.0 Å². The number of esters is 2. The third-order valence-electron chi connectivity index (χ3n) is 7.98. The lowest BCUT2D eigenvalue weighted by Gasteiger charge is -2.08. The van der Waals surface area contributed by atoms with Crippen molar-refractivity contribution in [1.29, 1.82) is 5.26 Å². The van der Waals surface area contributed by atoms with Gasteiger partial charge in [-0.1, -0.05) is 59.7 Å². The molecule has 0 fully saturated rings. The summed E-state index contributed by atoms with van der Waals surface area (Å²) in [5.41, 5.74) is 14.6. The first-order chi connectivity index (χ1) is 30.3. The van der Waals surface area contributed by atoms with Crippen molar-refractivity contribution >= 4 is 41.9 Å². The summed E-state index contributed by atoms with van der Waals surface area (Å²) in [4.78, 5) is 40.4. The van der Waals surface area contributed by atoms with E-state index in [2.05, 4.69) is 63.9 Å². The molecule has 0 atom stereocenters. The molecule has 0 saturated carbocycles. The zero-order valence-corrected chi connectivity index (χ0v) is 34.8. The maximum absolute atomic E-state index is 11.3. The Balaban J connectivity index is 0.000000223. The molecule has 0 saturated heterocycles. The highest BCUT2D eigenvalue weighted by atomic mass is 32.2. The Kier molecular flexibility index (Phi) is 18.2. The molecule has 0 unspecified atom stereocenters. The number of carbonyl (C=O) groups excluding carboxylic acids is 3. The number of carbonyl (C=O) groups is 3. The average Bonchev–Trinajstić information content (AvgIpc) is 3.87. The number of aromatic nitrogens is 4. The number of alkyl halides is 6. The molecule has 0 bridgehead atoms. The summed E-state index contributed by atoms with van der Waals surface area (Å²) in [6.07, 6.45) is -10.9. The molecule has 0 spiro atoms. The van der Waals surface area contributed by atoms with Crippen LogP contribution in [0.4, 0.5) is 26.3 Å². The molecule has 6 aromatic rings. The minimum atomic E-state index is -5.62. The Morgan fingerprint density at radius 3 is 1.36 bits per heavy atom. The SMILES string of the molecule is Cc1ccc(-c2cc(CC#N)nn2-c2ccc(SOON)cc2)cc1.Cc1ccc(-c2cc(CC(N)=O)nn2-c2ccc(SOON)cc2)cc1.O=C(OC(=O)C(F)(F)F)C(F)(F)F. The molecule has 0 aliphatic carbocycles. The second kappa shape index (κ2) is 23.2. The molecule has 4 aromatic carbocycles. The molecular weight excluding hydrogens is 899 g/mol. The minimum Gasteiger partial charge on any atom is -0.380 e. The van der Waals surface area contributed by atoms with Gasteiger partial charge in [-0.2, -0.15) is 53.6 Å². The summed E-state index contributed by atoms with van der Waals surface area (Å²) in [7, 11) is 0. The molecule has 0 radical (unpaired) electrons. The largest absolute Gasteiger partial charge is 0.491 e. The van der Waals surface area contributed by atoms with E-state index in [1.54, 1.807) is 4.68 Å². The number of aryl methyl sites for hydroxylation is 2. The normalized spacial score (nSPS) is 11.1. The summed E-state index contributed by atoms with van der Waals surface area (Å²) in [6, 6.07) is 37.4. The smallest absolute Gasteiger partial charge is 0.380 e. The Morgan fingerprint density at radius 1 is 0.641 bits per heavy atom. The number of nitrogens with two attached hydrogens (primary N) is 3. The van der Waals surface area contributed by atoms with Crippen molar-refractivity contribution < 1.29 is 64.1 Å². The van der Waals surface area contributed by atoms with Crippen molar-refractivity contribution in [2.24, 2.45) is 17.5 Å². The number of nitrogens with zero attached hydrogens (tertiary/aromatic N) is 5. The van der Waals surface area contributed by atoms with Crippen LogP contribution in [0.15, 0.2) is 119 Å². The number of nitriles is 1. The van der Waals surface area contributed by atoms with Gasteiger partial charge in [0.15, 0.2) is 0 Å². The second-order valence-electron chi connectivity index (χ2n) is 12.7. The lowest BCUT2D eigenvalue weighted by atomic mass is 10.1. The number of ether oxygens (including phenoxy) is 1. The zero-order valence-electron chi connectivity index (χ0n) is 33.1. The molecule has 64 heavy (non-hydrogen) atoms. The first kappa shape index (κ1) is 50.1. The molecule has 336 valence electrons. The van der Waals surface area contributed by atoms with E-state index in [1.807, 2.05) is 103 Å². The number of primary amides is 1. The van der Waals surface area contributed by atoms with Crippen molar-refractivity contribution in [2.45, 2.75) is 48.8 Å². The quantitative estimate of drug-likeness (QED) is 0.0252. The number of benzene rings is 4. The topological polar surface area (TPSA) is 235 Å². The summed E-state index contributed by atoms with van der Waals surface area (Å²) in [6.45, 7) is 4.08. The third kappa shape index (κ3) is 15.1. The van der Waals surface area contributed by atoms with E-state index in [9.17, 15) is 40.7 Å². The Morgan fingerprint density at radius 2 is 1.02 bits per heavy atom. The van der Waals surface area contributed by atoms with E-state index in [4.69, 9.17) is 22.8 Å². The van der Waals surface area contributed by atoms with Crippen LogP contribution in [-0.2, 0) is 50.6 Å². The predicted molar refractivity (Wildman–Crippen MR) is 217 cm³/mol. The summed E-state index contributed by atoms with van der Waals surface area (Å²) in [5, 5.41) is 18.1. The van der Waals surface area contributed by atoms with E-state index < -0.39 is 30.2 Å². The van der Waals surface area contributed by atoms with E-state index in [0.717, 1.165) is 73.5 Å². The van der Waals surface area contributed by atoms with Crippen molar-refractivity contribution in [3.8, 4) is 40.0 Å². The van der Waals surface area contributed by atoms with Crippen LogP contribution < -0.4 is 17.5 Å². The molecule has 0 aliphatic heterocycles. The third-order valence-corrected chi connectivity index (χ3v) is 9.20. The van der Waals surface area contributed by atoms with Crippen molar-refractivity contribution in [1.82, 2.24) is 19.6 Å². The van der Waals surface area contributed by atoms with Crippen LogP contribution in [0.3, 0.4) is 0 Å². The molecule has 0 aliphatic rings. The van der Waals surface area contributed by atoms with Gasteiger partial charge in [-0.05, 0) is 74.5 Å². The number of halogens is 6. The fourth-order valence-corrected chi connectivity index (χ4v) is 5.88. The average molecular weight is 933 g/mol. The first-order valence-electron chi connectivity index (χ1n) is 17.8. The Bertz CT molecular complexity index is 2510. The van der Waals surface area contributed by atoms with Crippen LogP contribution in [0.1, 0.15) is 22.5 Å². The van der Waals surface area contributed by atoms with Crippen LogP contribution in [0, 0.1) is 25.2 Å². The number of hydrogen-bond acceptors (Lipinski definition) is 15. The standard InChI is InChI=1S/C18H18N4O3S.C18H16N4O2S.C4F6O3/c1-12-2-4-13(5-3-12)17-10-14(11-18(19)23)21-22(17)15-6-8-16(9-7-15)26-25-24-20;1-13-2-4-14(5-3-13)18-12-15(10-11-19)21-22(18)16-6-8-17(9-7-16)25-24-23-20;5-3(6,7)1(11)13-2(12)4(8,9)10/h2-10H,11,20H2,1H3,(H2,19,23);2-9,12H,10,20H2,1H3;. The maximum Gasteiger partial charge on any atom is 0.491 e. The van der Waals surface area contributed by atoms with Gasteiger partial charge in [0.05, 0.1) is 77.1 Å². The van der Waals surface area contributed by atoms with E-state index in [0.29, 0.717) is 5.69 Å². The van der Waals surface area contributed by atoms with Gasteiger partial charge in [0.2, 0.25) is 5.91 Å². The highest BCUT2D eigenvalue weighted by Gasteiger charge is 2.49. The van der Waals surface area contributed by atoms with Gasteiger partial charge < -0.3 is 10.5 Å². The molecular formula is C40H34F6N8O8S2. The van der Waals surface area contributed by atoms with Crippen molar-refractivity contribution in [3.05, 3.63) is 132 Å². The lowest BCUT2D eigenvalue weighted by molar-refractivity contribution is -0.221. The molecule has 24 heteroatoms. The van der Waals surface area contributed by atoms with E-state index in [-0.39, 0.29) is 12.8 Å². The Labute approximate surface area is 367 Å². The number of hydrogen-bond donors (Lipinski definition) is 3. The van der Waals surface area contributed by atoms with Gasteiger partial charge in [-0.3, -0.25) is 4.79 Å². The highest BCUT2D eigenvalue weighted by molar-refractivity contribution is 7.94. The highest BCUT2D eigenvalue weighted by Crippen LogP contribution is 2.29. The fourth-order valence-electron chi connectivity index (χ4n) is 5.15. The summed E-state index contributed by atoms with van der Waals surface area (Å²) in [5.74, 6) is 2.86.